The Morgan fingerprint density at radius 2 is 1.78 bits per heavy atom. The summed E-state index contributed by atoms with van der Waals surface area (Å²) in [6.45, 7) is 2.09. The maximum Gasteiger partial charge on any atom is 0.227 e. The van der Waals surface area contributed by atoms with Gasteiger partial charge in [-0.15, -0.1) is 0 Å². The molecule has 1 amide bonds. The number of benzene rings is 3. The minimum absolute atomic E-state index is 0.108. The number of anilines is 1. The Balaban J connectivity index is 1.48. The van der Waals surface area contributed by atoms with Crippen LogP contribution in [0, 0.1) is 5.92 Å². The van der Waals surface area contributed by atoms with Crippen LogP contribution in [-0.2, 0) is 11.2 Å². The Morgan fingerprint density at radius 1 is 0.973 bits per heavy atom. The van der Waals surface area contributed by atoms with E-state index in [0.717, 1.165) is 75.4 Å². The minimum atomic E-state index is 0.108. The van der Waals surface area contributed by atoms with Crippen LogP contribution in [0.15, 0.2) is 85.3 Å². The first kappa shape index (κ1) is 23.0. The summed E-state index contributed by atoms with van der Waals surface area (Å²) in [5, 5.41) is 4.19. The van der Waals surface area contributed by atoms with Gasteiger partial charge >= 0.3 is 0 Å². The van der Waals surface area contributed by atoms with Crippen molar-refractivity contribution < 1.29 is 9.53 Å². The van der Waals surface area contributed by atoms with Crippen LogP contribution in [0.5, 0.6) is 5.75 Å². The molecule has 6 rings (SSSR count). The maximum atomic E-state index is 12.4. The van der Waals surface area contributed by atoms with E-state index in [2.05, 4.69) is 69.4 Å². The lowest BCUT2D eigenvalue weighted by Gasteiger charge is -2.08. The summed E-state index contributed by atoms with van der Waals surface area (Å²) >= 11 is 0. The molecule has 0 radical (unpaired) electrons. The monoisotopic (exact) mass is 488 g/mol. The fourth-order valence-corrected chi connectivity index (χ4v) is 4.67. The number of aryl methyl sites for hydroxylation is 1. The summed E-state index contributed by atoms with van der Waals surface area (Å²) in [6.07, 6.45) is 6.55. The molecule has 1 N–H and O–H groups in total. The highest BCUT2D eigenvalue weighted by Gasteiger charge is 2.29. The molecule has 0 bridgehead atoms. The molecule has 5 aromatic rings. The average Bonchev–Trinajstić information content (AvgIpc) is 3.74. The van der Waals surface area contributed by atoms with Crippen LogP contribution in [0.3, 0.4) is 0 Å². The predicted octanol–water partition coefficient (Wildman–Crippen LogP) is 6.67. The van der Waals surface area contributed by atoms with Crippen molar-refractivity contribution in [2.24, 2.45) is 5.92 Å². The van der Waals surface area contributed by atoms with Gasteiger partial charge in [0, 0.05) is 40.5 Å². The molecule has 3 aromatic carbocycles. The van der Waals surface area contributed by atoms with Crippen LogP contribution >= 0.6 is 0 Å². The highest BCUT2D eigenvalue weighted by molar-refractivity contribution is 6.00. The number of ether oxygens (including phenoxy) is 1. The van der Waals surface area contributed by atoms with Gasteiger partial charge in [0.25, 0.3) is 0 Å². The van der Waals surface area contributed by atoms with Crippen molar-refractivity contribution >= 4 is 22.5 Å². The number of carbonyl (C=O) groups is 1. The number of amides is 1. The summed E-state index contributed by atoms with van der Waals surface area (Å²) < 4.78 is 7.46. The molecule has 1 aliphatic rings. The standard InChI is InChI=1S/C31H28N4O2/c1-3-24-17-30(33-19-32-24)35-18-28(23-5-4-6-25(15-23)34-31(36)21-7-8-21)27-14-11-22(16-29(27)35)20-9-12-26(37-2)13-10-20/h4-6,9-19,21H,3,7-8H2,1-2H3,(H,34,36). The molecule has 1 fully saturated rings. The molecular formula is C31H28N4O2. The van der Waals surface area contributed by atoms with Gasteiger partial charge in [-0.2, -0.15) is 0 Å². The molecule has 1 saturated carbocycles. The molecule has 1 aliphatic carbocycles. The van der Waals surface area contributed by atoms with Crippen molar-refractivity contribution in [1.29, 1.82) is 0 Å². The van der Waals surface area contributed by atoms with E-state index >= 15 is 0 Å². The van der Waals surface area contributed by atoms with Crippen LogP contribution < -0.4 is 10.1 Å². The molecule has 2 aromatic heterocycles. The van der Waals surface area contributed by atoms with Gasteiger partial charge in [0.05, 0.1) is 12.6 Å². The zero-order chi connectivity index (χ0) is 25.4. The summed E-state index contributed by atoms with van der Waals surface area (Å²) in [5.74, 6) is 1.93. The van der Waals surface area contributed by atoms with Crippen LogP contribution in [0.1, 0.15) is 25.5 Å². The smallest absolute Gasteiger partial charge is 0.227 e. The molecule has 0 spiro atoms. The average molecular weight is 489 g/mol. The number of carbonyl (C=O) groups excluding carboxylic acids is 1. The Labute approximate surface area is 216 Å². The second kappa shape index (κ2) is 9.54. The molecule has 6 heteroatoms. The number of methoxy groups -OCH3 is 1. The van der Waals surface area contributed by atoms with Crippen molar-refractivity contribution in [2.75, 3.05) is 12.4 Å². The second-order valence-electron chi connectivity index (χ2n) is 9.44. The Morgan fingerprint density at radius 3 is 2.54 bits per heavy atom. The van der Waals surface area contributed by atoms with Crippen molar-refractivity contribution in [1.82, 2.24) is 14.5 Å². The predicted molar refractivity (Wildman–Crippen MR) is 147 cm³/mol. The lowest BCUT2D eigenvalue weighted by molar-refractivity contribution is -0.117. The first-order valence-electron chi connectivity index (χ1n) is 12.6. The van der Waals surface area contributed by atoms with Gasteiger partial charge in [0.15, 0.2) is 0 Å². The zero-order valence-electron chi connectivity index (χ0n) is 20.9. The molecule has 0 unspecified atom stereocenters. The van der Waals surface area contributed by atoms with Gasteiger partial charge < -0.3 is 14.6 Å². The van der Waals surface area contributed by atoms with E-state index < -0.39 is 0 Å². The third-order valence-electron chi connectivity index (χ3n) is 6.94. The number of hydrogen-bond donors (Lipinski definition) is 1. The molecule has 0 aliphatic heterocycles. The van der Waals surface area contributed by atoms with Crippen LogP contribution in [0.2, 0.25) is 0 Å². The maximum absolute atomic E-state index is 12.4. The highest BCUT2D eigenvalue weighted by Crippen LogP contribution is 2.37. The number of nitrogens with one attached hydrogen (secondary N) is 1. The topological polar surface area (TPSA) is 69.0 Å². The number of aromatic nitrogens is 3. The van der Waals surface area contributed by atoms with E-state index in [1.807, 2.05) is 36.4 Å². The number of fused-ring (bicyclic) bond motifs is 1. The minimum Gasteiger partial charge on any atom is -0.497 e. The van der Waals surface area contributed by atoms with Gasteiger partial charge in [-0.05, 0) is 66.3 Å². The first-order chi connectivity index (χ1) is 18.1. The lowest BCUT2D eigenvalue weighted by atomic mass is 10.0. The summed E-state index contributed by atoms with van der Waals surface area (Å²) in [5.41, 5.74) is 7.20. The van der Waals surface area contributed by atoms with Crippen molar-refractivity contribution in [3.63, 3.8) is 0 Å². The summed E-state index contributed by atoms with van der Waals surface area (Å²) in [6, 6.07) is 24.7. The van der Waals surface area contributed by atoms with Gasteiger partial charge in [0.1, 0.15) is 17.9 Å². The fraction of sp³-hybridized carbons (Fsp3) is 0.194. The normalized spacial score (nSPS) is 13.0. The Hall–Kier alpha value is -4.45. The van der Waals surface area contributed by atoms with E-state index in [0.29, 0.717) is 0 Å². The second-order valence-corrected chi connectivity index (χ2v) is 9.44. The van der Waals surface area contributed by atoms with Crippen LogP contribution in [0.4, 0.5) is 5.69 Å². The highest BCUT2D eigenvalue weighted by atomic mass is 16.5. The SMILES string of the molecule is CCc1cc(-n2cc(-c3cccc(NC(=O)C4CC4)c3)c3ccc(-c4ccc(OC)cc4)cc32)ncn1. The van der Waals surface area contributed by atoms with E-state index in [9.17, 15) is 4.79 Å². The third-order valence-corrected chi connectivity index (χ3v) is 6.94. The van der Waals surface area contributed by atoms with Crippen molar-refractivity contribution in [3.8, 4) is 33.8 Å². The van der Waals surface area contributed by atoms with Crippen molar-refractivity contribution in [3.05, 3.63) is 91.0 Å². The quantitative estimate of drug-likeness (QED) is 0.278. The first-order valence-corrected chi connectivity index (χ1v) is 12.6. The van der Waals surface area contributed by atoms with Gasteiger partial charge in [-0.3, -0.25) is 4.79 Å². The Bertz CT molecular complexity index is 1600. The van der Waals surface area contributed by atoms with E-state index in [1.165, 1.54) is 0 Å². The molecule has 184 valence electrons. The van der Waals surface area contributed by atoms with Crippen LogP contribution in [-0.4, -0.2) is 27.6 Å². The molecule has 6 nitrogen and oxygen atoms in total. The summed E-state index contributed by atoms with van der Waals surface area (Å²) in [4.78, 5) is 21.4. The lowest BCUT2D eigenvalue weighted by Crippen LogP contribution is -2.13. The van der Waals surface area contributed by atoms with Gasteiger partial charge in [0.2, 0.25) is 5.91 Å². The molecule has 0 saturated heterocycles. The molecule has 0 atom stereocenters. The molecule has 2 heterocycles. The van der Waals surface area contributed by atoms with E-state index in [1.54, 1.807) is 13.4 Å². The van der Waals surface area contributed by atoms with E-state index in [-0.39, 0.29) is 11.8 Å². The van der Waals surface area contributed by atoms with Crippen LogP contribution in [0.25, 0.3) is 39.0 Å². The Kier molecular flexibility index (Phi) is 5.93. The zero-order valence-corrected chi connectivity index (χ0v) is 20.9. The van der Waals surface area contributed by atoms with E-state index in [4.69, 9.17) is 4.74 Å². The van der Waals surface area contributed by atoms with Gasteiger partial charge in [-0.25, -0.2) is 9.97 Å². The molecule has 37 heavy (non-hydrogen) atoms. The molecular weight excluding hydrogens is 460 g/mol. The van der Waals surface area contributed by atoms with Gasteiger partial charge in [-0.1, -0.05) is 43.3 Å². The number of nitrogens with zero attached hydrogens (tertiary/aromatic N) is 3. The van der Waals surface area contributed by atoms with Crippen molar-refractivity contribution in [2.45, 2.75) is 26.2 Å². The fourth-order valence-electron chi connectivity index (χ4n) is 4.67. The third kappa shape index (κ3) is 4.58. The number of hydrogen-bond acceptors (Lipinski definition) is 4. The number of rotatable bonds is 7. The summed E-state index contributed by atoms with van der Waals surface area (Å²) in [7, 11) is 1.67. The largest absolute Gasteiger partial charge is 0.497 e.